The third-order valence-corrected chi connectivity index (χ3v) is 5.67. The Morgan fingerprint density at radius 3 is 2.74 bits per heavy atom. The maximum atomic E-state index is 11.9. The van der Waals surface area contributed by atoms with Gasteiger partial charge in [-0.25, -0.2) is 19.7 Å². The highest BCUT2D eigenvalue weighted by Gasteiger charge is 2.22. The number of rotatable bonds is 4. The third-order valence-electron chi connectivity index (χ3n) is 4.63. The number of amides is 2. The quantitative estimate of drug-likeness (QED) is 0.715. The van der Waals surface area contributed by atoms with Crippen LogP contribution in [0.5, 0.6) is 0 Å². The average Bonchev–Trinajstić information content (AvgIpc) is 3.11. The number of fused-ring (bicyclic) bond motifs is 1. The first-order valence-corrected chi connectivity index (χ1v) is 9.88. The first-order chi connectivity index (χ1) is 13.2. The van der Waals surface area contributed by atoms with Crippen LogP contribution in [0, 0.1) is 0 Å². The van der Waals surface area contributed by atoms with E-state index < -0.39 is 0 Å². The molecule has 140 valence electrons. The van der Waals surface area contributed by atoms with Gasteiger partial charge in [-0.1, -0.05) is 11.3 Å². The minimum atomic E-state index is -0.235. The summed E-state index contributed by atoms with van der Waals surface area (Å²) in [4.78, 5) is 24.8. The summed E-state index contributed by atoms with van der Waals surface area (Å²) in [5.41, 5.74) is 4.14. The predicted octanol–water partition coefficient (Wildman–Crippen LogP) is 3.79. The first-order valence-electron chi connectivity index (χ1n) is 9.07. The second-order valence-electron chi connectivity index (χ2n) is 6.43. The van der Waals surface area contributed by atoms with Crippen LogP contribution in [0.25, 0.3) is 21.3 Å². The highest BCUT2D eigenvalue weighted by atomic mass is 32.1. The Bertz CT molecular complexity index is 938. The Labute approximate surface area is 161 Å². The normalized spacial score (nSPS) is 15.0. The van der Waals surface area contributed by atoms with Crippen molar-refractivity contribution in [2.45, 2.75) is 25.7 Å². The molecule has 0 aliphatic carbocycles. The highest BCUT2D eigenvalue weighted by Crippen LogP contribution is 2.39. The summed E-state index contributed by atoms with van der Waals surface area (Å²) >= 11 is 1.52. The molecule has 0 radical (unpaired) electrons. The lowest BCUT2D eigenvalue weighted by atomic mass is 9.89. The van der Waals surface area contributed by atoms with E-state index in [2.05, 4.69) is 31.7 Å². The number of benzene rings is 1. The number of hydrogen-bond acceptors (Lipinski definition) is 6. The molecule has 1 fully saturated rings. The van der Waals surface area contributed by atoms with Gasteiger partial charge >= 0.3 is 6.03 Å². The molecular weight excluding hydrogens is 362 g/mol. The molecule has 1 saturated heterocycles. The molecule has 0 spiro atoms. The van der Waals surface area contributed by atoms with Gasteiger partial charge in [0.1, 0.15) is 6.33 Å². The maximum Gasteiger partial charge on any atom is 0.321 e. The van der Waals surface area contributed by atoms with E-state index in [0.717, 1.165) is 47.4 Å². The SMILES string of the molecule is CCNC(=O)Nc1nc2cc(-c3cncnc3)cc(C3CCOCC3)c2s1. The number of carbonyl (C=O) groups excluding carboxylic acids is 1. The van der Waals surface area contributed by atoms with Gasteiger partial charge in [-0.15, -0.1) is 0 Å². The second kappa shape index (κ2) is 7.98. The summed E-state index contributed by atoms with van der Waals surface area (Å²) in [5, 5.41) is 6.17. The fourth-order valence-corrected chi connectivity index (χ4v) is 4.37. The zero-order valence-corrected chi connectivity index (χ0v) is 15.9. The number of urea groups is 1. The number of anilines is 1. The summed E-state index contributed by atoms with van der Waals surface area (Å²) in [7, 11) is 0. The molecule has 1 aromatic carbocycles. The standard InChI is InChI=1S/C19H21N5O2S/c1-2-22-18(25)24-19-23-16-8-13(14-9-20-11-21-10-14)7-15(17(16)27-19)12-3-5-26-6-4-12/h7-12H,2-6H2,1H3,(H2,22,23,24,25). The van der Waals surface area contributed by atoms with Gasteiger partial charge in [0, 0.05) is 37.7 Å². The van der Waals surface area contributed by atoms with Gasteiger partial charge in [0.2, 0.25) is 0 Å². The molecule has 3 heterocycles. The van der Waals surface area contributed by atoms with Gasteiger partial charge in [-0.2, -0.15) is 0 Å². The van der Waals surface area contributed by atoms with Gasteiger partial charge in [-0.05, 0) is 48.9 Å². The zero-order valence-electron chi connectivity index (χ0n) is 15.1. The van der Waals surface area contributed by atoms with Crippen LogP contribution in [0.1, 0.15) is 31.2 Å². The number of thiazole rings is 1. The number of carbonyl (C=O) groups is 1. The van der Waals surface area contributed by atoms with E-state index >= 15 is 0 Å². The molecule has 0 atom stereocenters. The molecule has 1 aliphatic heterocycles. The van der Waals surface area contributed by atoms with Gasteiger partial charge in [0.15, 0.2) is 5.13 Å². The van der Waals surface area contributed by atoms with Crippen molar-refractivity contribution in [3.05, 3.63) is 36.4 Å². The van der Waals surface area contributed by atoms with Gasteiger partial charge in [0.05, 0.1) is 10.2 Å². The highest BCUT2D eigenvalue weighted by molar-refractivity contribution is 7.22. The molecule has 0 unspecified atom stereocenters. The van der Waals surface area contributed by atoms with Crippen LogP contribution in [-0.2, 0) is 4.74 Å². The molecule has 2 amide bonds. The lowest BCUT2D eigenvalue weighted by Gasteiger charge is -2.23. The van der Waals surface area contributed by atoms with E-state index in [-0.39, 0.29) is 6.03 Å². The number of nitrogens with zero attached hydrogens (tertiary/aromatic N) is 3. The summed E-state index contributed by atoms with van der Waals surface area (Å²) < 4.78 is 6.66. The Kier molecular flexibility index (Phi) is 5.26. The van der Waals surface area contributed by atoms with Gasteiger partial charge in [-0.3, -0.25) is 5.32 Å². The molecular formula is C19H21N5O2S. The molecule has 0 bridgehead atoms. The van der Waals surface area contributed by atoms with E-state index in [1.165, 1.54) is 23.2 Å². The minimum Gasteiger partial charge on any atom is -0.381 e. The Morgan fingerprint density at radius 1 is 1.22 bits per heavy atom. The van der Waals surface area contributed by atoms with Crippen molar-refractivity contribution in [1.29, 1.82) is 0 Å². The van der Waals surface area contributed by atoms with Crippen LogP contribution in [0.3, 0.4) is 0 Å². The van der Waals surface area contributed by atoms with Crippen LogP contribution >= 0.6 is 11.3 Å². The van der Waals surface area contributed by atoms with E-state index in [1.54, 1.807) is 0 Å². The largest absolute Gasteiger partial charge is 0.381 e. The topological polar surface area (TPSA) is 89.0 Å². The average molecular weight is 383 g/mol. The molecule has 27 heavy (non-hydrogen) atoms. The molecule has 0 saturated carbocycles. The molecule has 7 nitrogen and oxygen atoms in total. The molecule has 2 N–H and O–H groups in total. The maximum absolute atomic E-state index is 11.9. The fraction of sp³-hybridized carbons (Fsp3) is 0.368. The van der Waals surface area contributed by atoms with Gasteiger partial charge in [0.25, 0.3) is 0 Å². The van der Waals surface area contributed by atoms with Crippen molar-refractivity contribution >= 4 is 32.7 Å². The summed E-state index contributed by atoms with van der Waals surface area (Å²) in [6.07, 6.45) is 7.12. The third kappa shape index (κ3) is 3.91. The summed E-state index contributed by atoms with van der Waals surface area (Å²) in [6.45, 7) is 4.00. The second-order valence-corrected chi connectivity index (χ2v) is 7.43. The van der Waals surface area contributed by atoms with Crippen molar-refractivity contribution in [3.8, 4) is 11.1 Å². The fourth-order valence-electron chi connectivity index (χ4n) is 3.34. The van der Waals surface area contributed by atoms with Crippen LogP contribution in [0.15, 0.2) is 30.9 Å². The van der Waals surface area contributed by atoms with Crippen LogP contribution < -0.4 is 10.6 Å². The van der Waals surface area contributed by atoms with Crippen molar-refractivity contribution in [1.82, 2.24) is 20.3 Å². The zero-order chi connectivity index (χ0) is 18.6. The van der Waals surface area contributed by atoms with E-state index in [9.17, 15) is 4.79 Å². The number of nitrogens with one attached hydrogen (secondary N) is 2. The number of aromatic nitrogens is 3. The molecule has 4 rings (SSSR count). The molecule has 3 aromatic rings. The van der Waals surface area contributed by atoms with Crippen molar-refractivity contribution < 1.29 is 9.53 Å². The van der Waals surface area contributed by atoms with Crippen LogP contribution in [0.2, 0.25) is 0 Å². The molecule has 1 aliphatic rings. The van der Waals surface area contributed by atoms with Crippen molar-refractivity contribution in [3.63, 3.8) is 0 Å². The van der Waals surface area contributed by atoms with Crippen LogP contribution in [0.4, 0.5) is 9.93 Å². The van der Waals surface area contributed by atoms with E-state index in [1.807, 2.05) is 25.4 Å². The number of ether oxygens (including phenoxy) is 1. The summed E-state index contributed by atoms with van der Waals surface area (Å²) in [6, 6.07) is 4.02. The van der Waals surface area contributed by atoms with Crippen molar-refractivity contribution in [2.24, 2.45) is 0 Å². The Balaban J connectivity index is 1.78. The van der Waals surface area contributed by atoms with E-state index in [0.29, 0.717) is 17.6 Å². The van der Waals surface area contributed by atoms with Gasteiger partial charge < -0.3 is 10.1 Å². The molecule has 2 aromatic heterocycles. The lowest BCUT2D eigenvalue weighted by molar-refractivity contribution is 0.0856. The molecule has 8 heteroatoms. The monoisotopic (exact) mass is 383 g/mol. The van der Waals surface area contributed by atoms with Crippen molar-refractivity contribution in [2.75, 3.05) is 25.1 Å². The predicted molar refractivity (Wildman–Crippen MR) is 106 cm³/mol. The van der Waals surface area contributed by atoms with Crippen LogP contribution in [-0.4, -0.2) is 40.7 Å². The first kappa shape index (κ1) is 17.8. The minimum absolute atomic E-state index is 0.235. The Morgan fingerprint density at radius 2 is 2.00 bits per heavy atom. The smallest absolute Gasteiger partial charge is 0.321 e. The summed E-state index contributed by atoms with van der Waals surface area (Å²) in [5.74, 6) is 0.420. The van der Waals surface area contributed by atoms with E-state index in [4.69, 9.17) is 4.74 Å². The Hall–Kier alpha value is -2.58. The number of hydrogen-bond donors (Lipinski definition) is 2. The lowest BCUT2D eigenvalue weighted by Crippen LogP contribution is -2.28.